The summed E-state index contributed by atoms with van der Waals surface area (Å²) in [6, 6.07) is -0.379. The van der Waals surface area contributed by atoms with Crippen LogP contribution in [0.1, 0.15) is 109 Å². The molecule has 3 N–H and O–H groups in total. The van der Waals surface area contributed by atoms with Crippen molar-refractivity contribution >= 4 is 24.4 Å². The molecule has 0 radical (unpaired) electrons. The summed E-state index contributed by atoms with van der Waals surface area (Å²) in [5.74, 6) is -0.0691. The minimum Gasteiger partial charge on any atom is -0.481 e. The average molecular weight is 388 g/mol. The Bertz CT molecular complexity index is 350. The van der Waals surface area contributed by atoms with E-state index in [0.29, 0.717) is 18.6 Å². The molecule has 0 aromatic rings. The van der Waals surface area contributed by atoms with Crippen LogP contribution in [0, 0.1) is 0 Å². The molecule has 0 aromatic carbocycles. The van der Waals surface area contributed by atoms with Crippen LogP contribution in [0.3, 0.4) is 0 Å². The van der Waals surface area contributed by atoms with Crippen molar-refractivity contribution in [3.63, 3.8) is 0 Å². The molecule has 0 saturated carbocycles. The van der Waals surface area contributed by atoms with Crippen LogP contribution >= 0.6 is 12.6 Å². The van der Waals surface area contributed by atoms with Crippen molar-refractivity contribution in [2.45, 2.75) is 115 Å². The molecule has 0 spiro atoms. The number of carboxylic acid groups (broad SMARTS) is 1. The van der Waals surface area contributed by atoms with Crippen molar-refractivity contribution in [3.05, 3.63) is 0 Å². The number of rotatable bonds is 20. The zero-order valence-electron chi connectivity index (χ0n) is 16.6. The van der Waals surface area contributed by atoms with Crippen LogP contribution < -0.4 is 5.73 Å². The van der Waals surface area contributed by atoms with Crippen molar-refractivity contribution < 1.29 is 14.7 Å². The van der Waals surface area contributed by atoms with Gasteiger partial charge in [0.25, 0.3) is 0 Å². The first-order valence-corrected chi connectivity index (χ1v) is 11.3. The van der Waals surface area contributed by atoms with Crippen LogP contribution in [-0.4, -0.2) is 28.7 Å². The molecule has 0 aliphatic carbocycles. The first-order valence-electron chi connectivity index (χ1n) is 10.7. The van der Waals surface area contributed by atoms with Gasteiger partial charge in [0.1, 0.15) is 5.78 Å². The van der Waals surface area contributed by atoms with Gasteiger partial charge in [-0.2, -0.15) is 12.6 Å². The molecule has 0 aromatic heterocycles. The zero-order valence-corrected chi connectivity index (χ0v) is 17.5. The van der Waals surface area contributed by atoms with Crippen LogP contribution in [0.25, 0.3) is 0 Å². The number of carboxylic acids is 1. The van der Waals surface area contributed by atoms with Gasteiger partial charge < -0.3 is 10.8 Å². The summed E-state index contributed by atoms with van der Waals surface area (Å²) >= 11 is 4.05. The Kier molecular flexibility index (Phi) is 18.8. The van der Waals surface area contributed by atoms with Crippen molar-refractivity contribution in [2.75, 3.05) is 5.75 Å². The van der Waals surface area contributed by atoms with Gasteiger partial charge in [0, 0.05) is 18.6 Å². The fourth-order valence-corrected chi connectivity index (χ4v) is 3.36. The van der Waals surface area contributed by atoms with Crippen molar-refractivity contribution in [1.82, 2.24) is 0 Å². The van der Waals surface area contributed by atoms with E-state index in [1.54, 1.807) is 0 Å². The van der Waals surface area contributed by atoms with Gasteiger partial charge in [-0.05, 0) is 12.8 Å². The summed E-state index contributed by atoms with van der Waals surface area (Å²) in [6.45, 7) is 0. The van der Waals surface area contributed by atoms with E-state index in [4.69, 9.17) is 10.8 Å². The number of carbonyl (C=O) groups is 2. The van der Waals surface area contributed by atoms with Gasteiger partial charge in [0.15, 0.2) is 0 Å². The number of carbonyl (C=O) groups excluding carboxylic acids is 1. The van der Waals surface area contributed by atoms with Crippen LogP contribution in [0.5, 0.6) is 0 Å². The Balaban J connectivity index is 3.11. The Hall–Kier alpha value is -0.550. The Morgan fingerprint density at radius 1 is 0.654 bits per heavy atom. The van der Waals surface area contributed by atoms with Gasteiger partial charge >= 0.3 is 5.97 Å². The molecule has 0 fully saturated rings. The topological polar surface area (TPSA) is 80.4 Å². The number of ketones is 1. The number of Topliss-reactive ketones (excluding diaryl/α,β-unsaturated/α-hetero) is 1. The molecule has 5 heteroatoms. The monoisotopic (exact) mass is 387 g/mol. The number of hydrogen-bond acceptors (Lipinski definition) is 4. The lowest BCUT2D eigenvalue weighted by Gasteiger charge is -2.06. The standard InChI is InChI=1S/C21H41NO3S/c22-19(18-26)20(23)16-14-12-10-8-6-4-2-1-3-5-7-9-11-13-15-17-21(24)25/h19,26H,1-18,22H2,(H,24,25). The quantitative estimate of drug-likeness (QED) is 0.189. The summed E-state index contributed by atoms with van der Waals surface area (Å²) in [5.41, 5.74) is 5.65. The molecule has 0 amide bonds. The molecule has 0 saturated heterocycles. The second-order valence-corrected chi connectivity index (χ2v) is 7.82. The Morgan fingerprint density at radius 2 is 0.962 bits per heavy atom. The van der Waals surface area contributed by atoms with Gasteiger partial charge in [0.2, 0.25) is 0 Å². The van der Waals surface area contributed by atoms with Crippen LogP contribution in [0.4, 0.5) is 0 Å². The van der Waals surface area contributed by atoms with Crippen LogP contribution in [0.15, 0.2) is 0 Å². The van der Waals surface area contributed by atoms with Gasteiger partial charge in [-0.25, -0.2) is 0 Å². The van der Waals surface area contributed by atoms with Crippen LogP contribution in [0.2, 0.25) is 0 Å². The van der Waals surface area contributed by atoms with Gasteiger partial charge in [0.05, 0.1) is 6.04 Å². The fraction of sp³-hybridized carbons (Fsp3) is 0.905. The van der Waals surface area contributed by atoms with E-state index in [9.17, 15) is 9.59 Å². The molecular formula is C21H41NO3S. The number of aliphatic carboxylic acids is 1. The Labute approximate surface area is 166 Å². The number of hydrogen-bond donors (Lipinski definition) is 3. The predicted octanol–water partition coefficient (Wildman–Crippen LogP) is 5.53. The van der Waals surface area contributed by atoms with Gasteiger partial charge in [-0.3, -0.25) is 9.59 Å². The third-order valence-electron chi connectivity index (χ3n) is 4.92. The highest BCUT2D eigenvalue weighted by molar-refractivity contribution is 7.80. The summed E-state index contributed by atoms with van der Waals surface area (Å²) in [5, 5.41) is 8.56. The molecule has 0 aliphatic rings. The lowest BCUT2D eigenvalue weighted by atomic mass is 10.0. The highest BCUT2D eigenvalue weighted by Gasteiger charge is 2.10. The van der Waals surface area contributed by atoms with E-state index in [0.717, 1.165) is 25.7 Å². The summed E-state index contributed by atoms with van der Waals surface area (Å²) < 4.78 is 0. The maximum absolute atomic E-state index is 11.6. The van der Waals surface area contributed by atoms with E-state index in [2.05, 4.69) is 12.6 Å². The second-order valence-electron chi connectivity index (χ2n) is 7.45. The summed E-state index contributed by atoms with van der Waals surface area (Å²) in [6.07, 6.45) is 19.1. The SMILES string of the molecule is NC(CS)C(=O)CCCCCCCCCCCCCCCCCC(=O)O. The lowest BCUT2D eigenvalue weighted by molar-refractivity contribution is -0.137. The Morgan fingerprint density at radius 3 is 1.27 bits per heavy atom. The normalized spacial score (nSPS) is 12.2. The second kappa shape index (κ2) is 19.2. The van der Waals surface area contributed by atoms with Crippen molar-refractivity contribution in [3.8, 4) is 0 Å². The highest BCUT2D eigenvalue weighted by atomic mass is 32.1. The number of thiol groups is 1. The van der Waals surface area contributed by atoms with E-state index in [-0.39, 0.29) is 11.8 Å². The first-order chi connectivity index (χ1) is 12.6. The van der Waals surface area contributed by atoms with Crippen LogP contribution in [-0.2, 0) is 9.59 Å². The molecule has 0 rings (SSSR count). The molecular weight excluding hydrogens is 346 g/mol. The smallest absolute Gasteiger partial charge is 0.303 e. The zero-order chi connectivity index (χ0) is 19.5. The molecule has 1 unspecified atom stereocenters. The van der Waals surface area contributed by atoms with E-state index < -0.39 is 5.97 Å². The molecule has 1 atom stereocenters. The lowest BCUT2D eigenvalue weighted by Crippen LogP contribution is -2.31. The number of nitrogens with two attached hydrogens (primary N) is 1. The third kappa shape index (κ3) is 18.2. The maximum atomic E-state index is 11.6. The highest BCUT2D eigenvalue weighted by Crippen LogP contribution is 2.14. The van der Waals surface area contributed by atoms with E-state index in [1.165, 1.54) is 70.6 Å². The molecule has 0 aliphatic heterocycles. The fourth-order valence-electron chi connectivity index (χ4n) is 3.16. The minimum atomic E-state index is -0.672. The molecule has 154 valence electrons. The maximum Gasteiger partial charge on any atom is 0.303 e. The molecule has 0 bridgehead atoms. The van der Waals surface area contributed by atoms with Crippen molar-refractivity contribution in [1.29, 1.82) is 0 Å². The van der Waals surface area contributed by atoms with Crippen molar-refractivity contribution in [2.24, 2.45) is 5.73 Å². The predicted molar refractivity (Wildman–Crippen MR) is 113 cm³/mol. The average Bonchev–Trinajstić information content (AvgIpc) is 2.63. The van der Waals surface area contributed by atoms with E-state index in [1.807, 2.05) is 0 Å². The third-order valence-corrected chi connectivity index (χ3v) is 5.32. The number of unbranched alkanes of at least 4 members (excludes halogenated alkanes) is 14. The largest absolute Gasteiger partial charge is 0.481 e. The van der Waals surface area contributed by atoms with Gasteiger partial charge in [-0.1, -0.05) is 83.5 Å². The molecule has 0 heterocycles. The summed E-state index contributed by atoms with van der Waals surface area (Å²) in [4.78, 5) is 21.9. The first kappa shape index (κ1) is 25.4. The summed E-state index contributed by atoms with van der Waals surface area (Å²) in [7, 11) is 0. The van der Waals surface area contributed by atoms with Gasteiger partial charge in [-0.15, -0.1) is 0 Å². The minimum absolute atomic E-state index is 0.153. The molecule has 26 heavy (non-hydrogen) atoms. The van der Waals surface area contributed by atoms with E-state index >= 15 is 0 Å². The molecule has 4 nitrogen and oxygen atoms in total.